The predicted molar refractivity (Wildman–Crippen MR) is 154 cm³/mol. The molecule has 0 aromatic rings. The molecular weight excluding hydrogens is 408 g/mol. The molecule has 0 heterocycles. The molecule has 0 saturated heterocycles. The molecule has 0 aromatic carbocycles. The van der Waals surface area contributed by atoms with Crippen LogP contribution >= 0.6 is 0 Å². The van der Waals surface area contributed by atoms with Crippen LogP contribution in [0.3, 0.4) is 0 Å². The molecule has 5 unspecified atom stereocenters. The van der Waals surface area contributed by atoms with Crippen LogP contribution in [0.5, 0.6) is 0 Å². The third kappa shape index (κ3) is 11.2. The van der Waals surface area contributed by atoms with Gasteiger partial charge in [-0.25, -0.2) is 0 Å². The minimum Gasteiger partial charge on any atom is -0.0853 e. The summed E-state index contributed by atoms with van der Waals surface area (Å²) in [5, 5.41) is 0. The fraction of sp³-hybridized carbons (Fsp3) is 0.941. The maximum atomic E-state index is 2.38. The van der Waals surface area contributed by atoms with Crippen LogP contribution in [0, 0.1) is 58.7 Å². The van der Waals surface area contributed by atoms with Gasteiger partial charge in [0.05, 0.1) is 0 Å². The smallest absolute Gasteiger partial charge is 0.0287 e. The third-order valence-corrected chi connectivity index (χ3v) is 9.74. The largest absolute Gasteiger partial charge is 0.0853 e. The summed E-state index contributed by atoms with van der Waals surface area (Å²) in [6.07, 6.45) is 20.0. The van der Waals surface area contributed by atoms with E-state index in [1.54, 1.807) is 5.57 Å². The van der Waals surface area contributed by atoms with Gasteiger partial charge in [-0.05, 0) is 130 Å². The van der Waals surface area contributed by atoms with Crippen molar-refractivity contribution < 1.29 is 0 Å². The fourth-order valence-corrected chi connectivity index (χ4v) is 7.59. The molecule has 0 amide bonds. The molecule has 0 aromatic heterocycles. The Morgan fingerprint density at radius 2 is 0.912 bits per heavy atom. The van der Waals surface area contributed by atoms with Crippen LogP contribution in [-0.4, -0.2) is 0 Å². The Kier molecular flexibility index (Phi) is 12.2. The normalized spacial score (nSPS) is 45.1. The lowest BCUT2D eigenvalue weighted by molar-refractivity contribution is -0.0549. The standard InChI is InChI=1S/C9H16.C7H14.C7H12.C6H12.C5H10/c1-7-3-9(4-7)5-8(2)6-9;2*1-6-3-4-7(2)5-6;1-5-3-6(2)4-5;1-4-3-5(4)2/h7-8H,3-6H2,1-2H3;6-7H,3-5H2,1-2H3;3,7H,4-5H2,1-2H3;5-6H,3-4H2,1-2H3;4-5H,3H2,1-2H3. The molecule has 5 fully saturated rings. The van der Waals surface area contributed by atoms with Gasteiger partial charge in [-0.1, -0.05) is 86.8 Å². The average molecular weight is 473 g/mol. The highest BCUT2D eigenvalue weighted by molar-refractivity contribution is 5.05. The molecule has 1 spiro atoms. The first kappa shape index (κ1) is 30.0. The Balaban J connectivity index is 0.000000152. The number of hydrogen-bond acceptors (Lipinski definition) is 0. The van der Waals surface area contributed by atoms with Crippen molar-refractivity contribution in [3.8, 4) is 0 Å². The van der Waals surface area contributed by atoms with Crippen molar-refractivity contribution in [1.82, 2.24) is 0 Å². The summed E-state index contributed by atoms with van der Waals surface area (Å²) in [5.41, 5.74) is 2.46. The van der Waals surface area contributed by atoms with Gasteiger partial charge in [0.15, 0.2) is 0 Å². The van der Waals surface area contributed by atoms with Gasteiger partial charge in [-0.15, -0.1) is 0 Å². The topological polar surface area (TPSA) is 0 Å². The molecule has 6 aliphatic rings. The summed E-state index contributed by atoms with van der Waals surface area (Å²) < 4.78 is 0. The van der Waals surface area contributed by atoms with Crippen molar-refractivity contribution in [3.63, 3.8) is 0 Å². The van der Waals surface area contributed by atoms with E-state index < -0.39 is 0 Å². The summed E-state index contributed by atoms with van der Waals surface area (Å²) >= 11 is 0. The lowest BCUT2D eigenvalue weighted by Crippen LogP contribution is -2.45. The second-order valence-corrected chi connectivity index (χ2v) is 15.0. The van der Waals surface area contributed by atoms with Gasteiger partial charge in [-0.3, -0.25) is 0 Å². The summed E-state index contributed by atoms with van der Waals surface area (Å²) in [7, 11) is 0. The maximum Gasteiger partial charge on any atom is -0.0287 e. The Hall–Kier alpha value is -0.260. The highest BCUT2D eigenvalue weighted by Gasteiger charge is 2.49. The molecule has 0 aliphatic heterocycles. The van der Waals surface area contributed by atoms with Gasteiger partial charge in [0.2, 0.25) is 0 Å². The molecule has 6 rings (SSSR count). The van der Waals surface area contributed by atoms with Gasteiger partial charge in [0.25, 0.3) is 0 Å². The van der Waals surface area contributed by atoms with E-state index in [-0.39, 0.29) is 0 Å². The number of rotatable bonds is 0. The lowest BCUT2D eigenvalue weighted by Gasteiger charge is -2.56. The van der Waals surface area contributed by atoms with Crippen molar-refractivity contribution in [2.24, 2.45) is 58.7 Å². The molecule has 34 heavy (non-hydrogen) atoms. The van der Waals surface area contributed by atoms with E-state index in [1.165, 1.54) is 77.0 Å². The molecule has 200 valence electrons. The Morgan fingerprint density at radius 1 is 0.529 bits per heavy atom. The zero-order chi connectivity index (χ0) is 25.5. The molecule has 0 N–H and O–H groups in total. The SMILES string of the molecule is CC1=CCC(C)C1.CC1CC(C)C1.CC1CC1C.CC1CC2(C1)CC(C)C2.CC1CCC(C)C1. The zero-order valence-corrected chi connectivity index (χ0v) is 25.3. The van der Waals surface area contributed by atoms with Crippen molar-refractivity contribution in [2.45, 2.75) is 146 Å². The molecule has 6 aliphatic carbocycles. The lowest BCUT2D eigenvalue weighted by atomic mass is 9.49. The van der Waals surface area contributed by atoms with Crippen LogP contribution in [0.25, 0.3) is 0 Å². The fourth-order valence-electron chi connectivity index (χ4n) is 7.59. The van der Waals surface area contributed by atoms with E-state index in [0.717, 1.165) is 58.7 Å². The van der Waals surface area contributed by atoms with Gasteiger partial charge >= 0.3 is 0 Å². The van der Waals surface area contributed by atoms with Crippen LogP contribution < -0.4 is 0 Å². The summed E-state index contributed by atoms with van der Waals surface area (Å²) in [5.74, 6) is 9.27. The van der Waals surface area contributed by atoms with E-state index in [2.05, 4.69) is 75.3 Å². The van der Waals surface area contributed by atoms with Crippen LogP contribution in [0.1, 0.15) is 146 Å². The Morgan fingerprint density at radius 3 is 1.03 bits per heavy atom. The molecule has 5 atom stereocenters. The molecule has 0 radical (unpaired) electrons. The minimum atomic E-state index is 0.888. The molecule has 0 nitrogen and oxygen atoms in total. The highest BCUT2D eigenvalue weighted by atomic mass is 14.5. The summed E-state index contributed by atoms with van der Waals surface area (Å²) in [6, 6.07) is 0. The zero-order valence-electron chi connectivity index (χ0n) is 25.3. The molecule has 5 saturated carbocycles. The van der Waals surface area contributed by atoms with Crippen LogP contribution in [0.2, 0.25) is 0 Å². The van der Waals surface area contributed by atoms with Gasteiger partial charge < -0.3 is 0 Å². The number of allylic oxidation sites excluding steroid dienone is 2. The average Bonchev–Trinajstić information content (AvgIpc) is 2.99. The van der Waals surface area contributed by atoms with Gasteiger partial charge in [-0.2, -0.15) is 0 Å². The first-order chi connectivity index (χ1) is 15.9. The van der Waals surface area contributed by atoms with Crippen molar-refractivity contribution in [1.29, 1.82) is 0 Å². The van der Waals surface area contributed by atoms with E-state index in [1.807, 2.05) is 0 Å². The van der Waals surface area contributed by atoms with Gasteiger partial charge in [0.1, 0.15) is 0 Å². The van der Waals surface area contributed by atoms with E-state index >= 15 is 0 Å². The van der Waals surface area contributed by atoms with Crippen molar-refractivity contribution >= 4 is 0 Å². The minimum absolute atomic E-state index is 0.888. The molecule has 0 bridgehead atoms. The quantitative estimate of drug-likeness (QED) is 0.307. The Bertz CT molecular complexity index is 542. The number of hydrogen-bond donors (Lipinski definition) is 0. The monoisotopic (exact) mass is 473 g/mol. The second kappa shape index (κ2) is 13.9. The van der Waals surface area contributed by atoms with Gasteiger partial charge in [0, 0.05) is 0 Å². The highest BCUT2D eigenvalue weighted by Crippen LogP contribution is 2.60. The van der Waals surface area contributed by atoms with E-state index in [9.17, 15) is 0 Å². The van der Waals surface area contributed by atoms with E-state index in [4.69, 9.17) is 0 Å². The third-order valence-electron chi connectivity index (χ3n) is 9.74. The Labute approximate surface area is 216 Å². The van der Waals surface area contributed by atoms with Crippen molar-refractivity contribution in [2.75, 3.05) is 0 Å². The van der Waals surface area contributed by atoms with E-state index in [0.29, 0.717) is 0 Å². The predicted octanol–water partition coefficient (Wildman–Crippen LogP) is 11.4. The second-order valence-electron chi connectivity index (χ2n) is 15.0. The van der Waals surface area contributed by atoms with Crippen LogP contribution in [-0.2, 0) is 0 Å². The molecule has 0 heteroatoms. The first-order valence-corrected chi connectivity index (χ1v) is 15.5. The summed E-state index contributed by atoms with van der Waals surface area (Å²) in [4.78, 5) is 0. The van der Waals surface area contributed by atoms with Crippen molar-refractivity contribution in [3.05, 3.63) is 11.6 Å². The van der Waals surface area contributed by atoms with Crippen LogP contribution in [0.15, 0.2) is 11.6 Å². The summed E-state index contributed by atoms with van der Waals surface area (Å²) in [6.45, 7) is 23.2. The molecular formula is C34H64. The first-order valence-electron chi connectivity index (χ1n) is 15.5. The van der Waals surface area contributed by atoms with Crippen LogP contribution in [0.4, 0.5) is 0 Å². The maximum absolute atomic E-state index is 2.38.